The van der Waals surface area contributed by atoms with Crippen LogP contribution in [0.2, 0.25) is 0 Å². The molecule has 6 N–H and O–H groups in total. The van der Waals surface area contributed by atoms with Crippen molar-refractivity contribution in [3.8, 4) is 0 Å². The molecule has 0 aromatic heterocycles. The Balaban J connectivity index is 1.97. The Bertz CT molecular complexity index is 1110. The van der Waals surface area contributed by atoms with E-state index in [4.69, 9.17) is 36.1 Å². The van der Waals surface area contributed by atoms with Crippen LogP contribution in [-0.2, 0) is 38.1 Å². The van der Waals surface area contributed by atoms with Crippen LogP contribution in [-0.4, -0.2) is 94.0 Å². The lowest BCUT2D eigenvalue weighted by atomic mass is 9.48. The fourth-order valence-electron chi connectivity index (χ4n) is 9.78. The van der Waals surface area contributed by atoms with Crippen molar-refractivity contribution < 1.29 is 38.1 Å². The number of esters is 4. The summed E-state index contributed by atoms with van der Waals surface area (Å²) in [7, 11) is 3.89. The first-order valence-electron chi connectivity index (χ1n) is 19.2. The molecule has 0 radical (unpaired) electrons. The highest BCUT2D eigenvalue weighted by Crippen LogP contribution is 2.66. The minimum atomic E-state index is -0.404. The molecule has 0 amide bonds. The number of carbonyl (C=O) groups is 4. The first-order valence-corrected chi connectivity index (χ1v) is 19.2. The lowest BCUT2D eigenvalue weighted by Crippen LogP contribution is -2.59. The second-order valence-corrected chi connectivity index (χ2v) is 16.0. The smallest absolute Gasteiger partial charge is 0.307 e. The van der Waals surface area contributed by atoms with Gasteiger partial charge in [0.1, 0.15) is 24.9 Å². The van der Waals surface area contributed by atoms with Crippen molar-refractivity contribution in [1.29, 1.82) is 0 Å². The molecule has 12 nitrogen and oxygen atoms in total. The van der Waals surface area contributed by atoms with Gasteiger partial charge in [-0.1, -0.05) is 27.7 Å². The monoisotopic (exact) mass is 709 g/mol. The zero-order chi connectivity index (χ0) is 37.1. The quantitative estimate of drug-likeness (QED) is 0.130. The predicted molar refractivity (Wildman–Crippen MR) is 191 cm³/mol. The lowest BCUT2D eigenvalue weighted by molar-refractivity contribution is -0.200. The fraction of sp³-hybridized carbons (Fsp3) is 0.895. The van der Waals surface area contributed by atoms with Crippen molar-refractivity contribution in [3.05, 3.63) is 0 Å². The molecule has 0 aliphatic heterocycles. The highest BCUT2D eigenvalue weighted by molar-refractivity contribution is 5.71. The van der Waals surface area contributed by atoms with E-state index in [1.54, 1.807) is 0 Å². The van der Waals surface area contributed by atoms with Gasteiger partial charge in [0.25, 0.3) is 0 Å². The van der Waals surface area contributed by atoms with Crippen molar-refractivity contribution in [2.75, 3.05) is 46.9 Å². The number of nitrogens with two attached hydrogens (primary N) is 3. The molecule has 12 heteroatoms. The van der Waals surface area contributed by atoms with E-state index < -0.39 is 5.41 Å². The first kappa shape index (κ1) is 42.1. The van der Waals surface area contributed by atoms with Crippen molar-refractivity contribution >= 4 is 23.9 Å². The van der Waals surface area contributed by atoms with Crippen LogP contribution < -0.4 is 17.2 Å². The van der Waals surface area contributed by atoms with Crippen LogP contribution in [0, 0.1) is 40.4 Å². The summed E-state index contributed by atoms with van der Waals surface area (Å²) in [5, 5.41) is 0. The van der Waals surface area contributed by atoms with Crippen LogP contribution in [0.5, 0.6) is 0 Å². The number of fused-ring (bicyclic) bond motifs is 1. The second kappa shape index (κ2) is 19.5. The third kappa shape index (κ3) is 10.6. The molecule has 288 valence electrons. The standard InChI is InChI=1S/C38H68N4O8/c1-7-30(49-34(45)15-20-40)36-28-10-9-27(25(2)8-11-32(43)47-23-22-42(5)6)38(28,4)31(50-35(46)16-21-41)24-29(36)37(3)17-12-26(13-18-37)48-33(44)14-19-39/h25-31,36H,7-24,39-41H2,1-6H3/t25-,26-,27?,28+,29+,30-,31+,36?,37+,38-/m1/s1. The molecule has 0 aromatic carbocycles. The molecule has 3 rings (SSSR count). The van der Waals surface area contributed by atoms with Gasteiger partial charge in [0.05, 0.1) is 19.3 Å². The van der Waals surface area contributed by atoms with Gasteiger partial charge in [0.15, 0.2) is 0 Å². The van der Waals surface area contributed by atoms with Gasteiger partial charge >= 0.3 is 23.9 Å². The Morgan fingerprint density at radius 2 is 1.40 bits per heavy atom. The molecule has 0 aromatic rings. The Hall–Kier alpha value is -2.28. The summed E-state index contributed by atoms with van der Waals surface area (Å²) in [6, 6.07) is 0. The van der Waals surface area contributed by atoms with Crippen molar-refractivity contribution in [2.45, 2.75) is 129 Å². The lowest BCUT2D eigenvalue weighted by Gasteiger charge is -2.59. The number of hydrogen-bond donors (Lipinski definition) is 3. The topological polar surface area (TPSA) is 186 Å². The summed E-state index contributed by atoms with van der Waals surface area (Å²) >= 11 is 0. The molecule has 0 bridgehead atoms. The van der Waals surface area contributed by atoms with E-state index in [2.05, 4.69) is 27.7 Å². The van der Waals surface area contributed by atoms with Crippen LogP contribution in [0.3, 0.4) is 0 Å². The SMILES string of the molecule is CC[C@@H](OC(=O)CCN)C1[C@@H]2CCC([C@H](C)CCC(=O)OCCN(C)C)[C@@]2(C)[C@@H](OC(=O)CCN)C[C@@H]1[C@]1(C)CC[C@H](OC(=O)CCN)CC1. The normalized spacial score (nSPS) is 32.1. The third-order valence-corrected chi connectivity index (χ3v) is 12.5. The third-order valence-electron chi connectivity index (χ3n) is 12.5. The van der Waals surface area contributed by atoms with E-state index >= 15 is 0 Å². The number of ether oxygens (including phenoxy) is 4. The van der Waals surface area contributed by atoms with Gasteiger partial charge in [0.2, 0.25) is 0 Å². The van der Waals surface area contributed by atoms with Crippen molar-refractivity contribution in [2.24, 2.45) is 57.6 Å². The van der Waals surface area contributed by atoms with Gasteiger partial charge in [-0.05, 0) is 101 Å². The van der Waals surface area contributed by atoms with Gasteiger partial charge in [-0.2, -0.15) is 0 Å². The van der Waals surface area contributed by atoms with Crippen molar-refractivity contribution in [1.82, 2.24) is 4.90 Å². The summed E-state index contributed by atoms with van der Waals surface area (Å²) in [5.41, 5.74) is 16.6. The molecule has 50 heavy (non-hydrogen) atoms. The fourth-order valence-corrected chi connectivity index (χ4v) is 9.78. The van der Waals surface area contributed by atoms with Crippen molar-refractivity contribution in [3.63, 3.8) is 0 Å². The Kier molecular flexibility index (Phi) is 16.5. The number of likely N-dealkylation sites (N-methyl/N-ethyl adjacent to an activating group) is 1. The molecule has 3 saturated carbocycles. The maximum atomic E-state index is 13.2. The summed E-state index contributed by atoms with van der Waals surface area (Å²) in [6.45, 7) is 10.6. The van der Waals surface area contributed by atoms with Gasteiger partial charge < -0.3 is 41.0 Å². The van der Waals surface area contributed by atoms with E-state index in [-0.39, 0.29) is 116 Å². The molecule has 3 aliphatic rings. The highest BCUT2D eigenvalue weighted by Gasteiger charge is 2.64. The zero-order valence-electron chi connectivity index (χ0n) is 31.8. The molecule has 3 aliphatic carbocycles. The Labute approximate surface area is 300 Å². The molecular weight excluding hydrogens is 640 g/mol. The molecule has 0 heterocycles. The summed E-state index contributed by atoms with van der Waals surface area (Å²) < 4.78 is 24.0. The molecule has 3 fully saturated rings. The Morgan fingerprint density at radius 1 is 0.800 bits per heavy atom. The largest absolute Gasteiger partial charge is 0.464 e. The molecule has 0 spiro atoms. The van der Waals surface area contributed by atoms with Gasteiger partial charge in [-0.25, -0.2) is 0 Å². The summed E-state index contributed by atoms with van der Waals surface area (Å²) in [6.07, 6.45) is 6.99. The maximum absolute atomic E-state index is 13.2. The van der Waals surface area contributed by atoms with Crippen LogP contribution in [0.25, 0.3) is 0 Å². The average molecular weight is 709 g/mol. The first-order chi connectivity index (χ1) is 23.7. The van der Waals surface area contributed by atoms with Gasteiger partial charge in [-0.15, -0.1) is 0 Å². The average Bonchev–Trinajstić information content (AvgIpc) is 3.42. The minimum absolute atomic E-state index is 0.0331. The van der Waals surface area contributed by atoms with Gasteiger partial charge in [-0.3, -0.25) is 19.2 Å². The minimum Gasteiger partial charge on any atom is -0.464 e. The van der Waals surface area contributed by atoms with Crippen LogP contribution in [0.15, 0.2) is 0 Å². The van der Waals surface area contributed by atoms with Crippen LogP contribution in [0.1, 0.15) is 111 Å². The summed E-state index contributed by atoms with van der Waals surface area (Å²) in [5.74, 6) is -0.432. The molecule has 2 unspecified atom stereocenters. The van der Waals surface area contributed by atoms with E-state index in [1.807, 2.05) is 19.0 Å². The second-order valence-electron chi connectivity index (χ2n) is 16.0. The number of rotatable bonds is 19. The zero-order valence-corrected chi connectivity index (χ0v) is 31.8. The number of hydrogen-bond acceptors (Lipinski definition) is 12. The van der Waals surface area contributed by atoms with Gasteiger partial charge in [0, 0.05) is 43.9 Å². The molecular formula is C38H68N4O8. The predicted octanol–water partition coefficient (Wildman–Crippen LogP) is 3.95. The van der Waals surface area contributed by atoms with E-state index in [0.717, 1.165) is 38.5 Å². The molecule has 0 saturated heterocycles. The molecule has 8 atom stereocenters. The number of carbonyl (C=O) groups excluding carboxylic acids is 4. The summed E-state index contributed by atoms with van der Waals surface area (Å²) in [4.78, 5) is 53.2. The van der Waals surface area contributed by atoms with Crippen LogP contribution in [0.4, 0.5) is 0 Å². The van der Waals surface area contributed by atoms with E-state index in [1.165, 1.54) is 0 Å². The van der Waals surface area contributed by atoms with Crippen LogP contribution >= 0.6 is 0 Å². The highest BCUT2D eigenvalue weighted by atomic mass is 16.6. The maximum Gasteiger partial charge on any atom is 0.307 e. The van der Waals surface area contributed by atoms with E-state index in [9.17, 15) is 19.2 Å². The Morgan fingerprint density at radius 3 is 1.98 bits per heavy atom. The van der Waals surface area contributed by atoms with E-state index in [0.29, 0.717) is 38.8 Å². The number of nitrogens with zero attached hydrogens (tertiary/aromatic N) is 1.